The van der Waals surface area contributed by atoms with E-state index in [0.29, 0.717) is 17.8 Å². The lowest BCUT2D eigenvalue weighted by atomic mass is 10.3. The van der Waals surface area contributed by atoms with Crippen molar-refractivity contribution in [2.45, 2.75) is 18.5 Å². The van der Waals surface area contributed by atoms with Crippen molar-refractivity contribution in [2.75, 3.05) is 11.8 Å². The summed E-state index contributed by atoms with van der Waals surface area (Å²) in [4.78, 5) is 3.90. The lowest BCUT2D eigenvalue weighted by Crippen LogP contribution is -2.17. The summed E-state index contributed by atoms with van der Waals surface area (Å²) in [5, 5.41) is 9.23. The van der Waals surface area contributed by atoms with Gasteiger partial charge in [0.15, 0.2) is 5.03 Å². The third-order valence-corrected chi connectivity index (χ3v) is 3.98. The first-order valence-corrected chi connectivity index (χ1v) is 7.13. The molecule has 0 aliphatic rings. The summed E-state index contributed by atoms with van der Waals surface area (Å²) >= 11 is 0. The molecule has 2 rings (SSSR count). The number of aryl methyl sites for hydroxylation is 1. The molecule has 0 radical (unpaired) electrons. The molecule has 0 aliphatic carbocycles. The third kappa shape index (κ3) is 2.91. The van der Waals surface area contributed by atoms with Gasteiger partial charge in [0, 0.05) is 18.3 Å². The first kappa shape index (κ1) is 13.5. The van der Waals surface area contributed by atoms with E-state index >= 15 is 0 Å². The highest BCUT2D eigenvalue weighted by Gasteiger charge is 2.21. The molecular formula is C11H15N5O2S. The van der Waals surface area contributed by atoms with Crippen molar-refractivity contribution in [3.05, 3.63) is 35.8 Å². The van der Waals surface area contributed by atoms with Crippen LogP contribution in [0.2, 0.25) is 0 Å². The van der Waals surface area contributed by atoms with Gasteiger partial charge in [-0.3, -0.25) is 14.8 Å². The molecule has 0 aliphatic heterocycles. The molecule has 0 spiro atoms. The largest absolute Gasteiger partial charge is 0.316 e. The predicted molar refractivity (Wildman–Crippen MR) is 71.1 cm³/mol. The monoisotopic (exact) mass is 281 g/mol. The quantitative estimate of drug-likeness (QED) is 0.746. The number of nitrogens with zero attached hydrogens (tertiary/aromatic N) is 2. The number of sulfonamides is 1. The summed E-state index contributed by atoms with van der Waals surface area (Å²) in [5.74, 6) is 0. The van der Waals surface area contributed by atoms with E-state index in [9.17, 15) is 8.42 Å². The first-order valence-electron chi connectivity index (χ1n) is 5.65. The molecule has 0 aromatic carbocycles. The molecule has 0 bridgehead atoms. The van der Waals surface area contributed by atoms with E-state index in [-0.39, 0.29) is 5.03 Å². The third-order valence-electron chi connectivity index (χ3n) is 2.60. The van der Waals surface area contributed by atoms with Gasteiger partial charge < -0.3 is 5.32 Å². The molecule has 102 valence electrons. The number of nitrogens with one attached hydrogen (secondary N) is 3. The van der Waals surface area contributed by atoms with Gasteiger partial charge in [-0.1, -0.05) is 0 Å². The van der Waals surface area contributed by atoms with Gasteiger partial charge in [0.2, 0.25) is 0 Å². The van der Waals surface area contributed by atoms with Gasteiger partial charge in [0.1, 0.15) is 0 Å². The fourth-order valence-corrected chi connectivity index (χ4v) is 2.86. The van der Waals surface area contributed by atoms with E-state index in [1.165, 1.54) is 12.4 Å². The van der Waals surface area contributed by atoms with Crippen LogP contribution in [0.25, 0.3) is 0 Å². The Hall–Kier alpha value is -1.93. The van der Waals surface area contributed by atoms with E-state index < -0.39 is 10.0 Å². The van der Waals surface area contributed by atoms with Gasteiger partial charge in [-0.15, -0.1) is 0 Å². The number of aromatic nitrogens is 3. The molecule has 2 aromatic rings. The number of hydrogen-bond donors (Lipinski definition) is 3. The van der Waals surface area contributed by atoms with Crippen molar-refractivity contribution in [2.24, 2.45) is 0 Å². The topological polar surface area (TPSA) is 99.8 Å². The van der Waals surface area contributed by atoms with Crippen LogP contribution in [0, 0.1) is 6.92 Å². The zero-order chi connectivity index (χ0) is 13.9. The second kappa shape index (κ2) is 5.37. The molecule has 2 aromatic heterocycles. The number of hydrogen-bond acceptors (Lipinski definition) is 5. The fraction of sp³-hybridized carbons (Fsp3) is 0.273. The van der Waals surface area contributed by atoms with Crippen molar-refractivity contribution in [3.8, 4) is 0 Å². The highest BCUT2D eigenvalue weighted by Crippen LogP contribution is 2.19. The minimum absolute atomic E-state index is 0.0603. The van der Waals surface area contributed by atoms with E-state index in [0.717, 1.165) is 5.56 Å². The molecule has 3 N–H and O–H groups in total. The lowest BCUT2D eigenvalue weighted by molar-refractivity contribution is 0.595. The van der Waals surface area contributed by atoms with E-state index in [2.05, 4.69) is 25.2 Å². The highest BCUT2D eigenvalue weighted by molar-refractivity contribution is 7.92. The molecule has 2 heterocycles. The van der Waals surface area contributed by atoms with E-state index in [4.69, 9.17) is 0 Å². The summed E-state index contributed by atoms with van der Waals surface area (Å²) < 4.78 is 27.0. The van der Waals surface area contributed by atoms with Gasteiger partial charge in [0.25, 0.3) is 10.0 Å². The minimum atomic E-state index is -3.69. The molecule has 0 atom stereocenters. The molecule has 8 heteroatoms. The van der Waals surface area contributed by atoms with Crippen molar-refractivity contribution in [3.63, 3.8) is 0 Å². The van der Waals surface area contributed by atoms with Crippen LogP contribution in [0.4, 0.5) is 5.69 Å². The molecule has 0 amide bonds. The Morgan fingerprint density at radius 1 is 1.37 bits per heavy atom. The van der Waals surface area contributed by atoms with Gasteiger partial charge >= 0.3 is 0 Å². The van der Waals surface area contributed by atoms with E-state index in [1.807, 2.05) is 0 Å². The zero-order valence-electron chi connectivity index (χ0n) is 10.6. The fourth-order valence-electron chi connectivity index (χ4n) is 1.61. The maximum atomic E-state index is 12.3. The summed E-state index contributed by atoms with van der Waals surface area (Å²) in [6.07, 6.45) is 4.57. The maximum absolute atomic E-state index is 12.3. The maximum Gasteiger partial charge on any atom is 0.279 e. The highest BCUT2D eigenvalue weighted by atomic mass is 32.2. The second-order valence-electron chi connectivity index (χ2n) is 4.05. The SMILES string of the molecule is CNCc1cn[nH]c1S(=O)(=O)Nc1cnccc1C. The molecule has 0 saturated carbocycles. The predicted octanol–water partition coefficient (Wildman–Crippen LogP) is 0.633. The van der Waals surface area contributed by atoms with Gasteiger partial charge in [-0.05, 0) is 25.6 Å². The second-order valence-corrected chi connectivity index (χ2v) is 5.67. The van der Waals surface area contributed by atoms with Crippen molar-refractivity contribution in [1.82, 2.24) is 20.5 Å². The zero-order valence-corrected chi connectivity index (χ0v) is 11.5. The van der Waals surface area contributed by atoms with Crippen LogP contribution in [0.1, 0.15) is 11.1 Å². The smallest absolute Gasteiger partial charge is 0.279 e. The first-order chi connectivity index (χ1) is 9.04. The average Bonchev–Trinajstić information content (AvgIpc) is 2.81. The Kier molecular flexibility index (Phi) is 3.82. The molecule has 19 heavy (non-hydrogen) atoms. The van der Waals surface area contributed by atoms with Crippen molar-refractivity contribution < 1.29 is 8.42 Å². The number of anilines is 1. The van der Waals surface area contributed by atoms with Crippen LogP contribution in [-0.2, 0) is 16.6 Å². The Bertz CT molecular complexity index is 665. The van der Waals surface area contributed by atoms with Gasteiger partial charge in [-0.25, -0.2) is 0 Å². The number of pyridine rings is 1. The Labute approximate surface area is 111 Å². The summed E-state index contributed by atoms with van der Waals surface area (Å²) in [7, 11) is -1.96. The molecule has 0 saturated heterocycles. The van der Waals surface area contributed by atoms with Crippen molar-refractivity contribution in [1.29, 1.82) is 0 Å². The van der Waals surface area contributed by atoms with Crippen molar-refractivity contribution >= 4 is 15.7 Å². The van der Waals surface area contributed by atoms with Crippen LogP contribution < -0.4 is 10.0 Å². The molecule has 7 nitrogen and oxygen atoms in total. The lowest BCUT2D eigenvalue weighted by Gasteiger charge is -2.09. The summed E-state index contributed by atoms with van der Waals surface area (Å²) in [6, 6.07) is 1.74. The Morgan fingerprint density at radius 3 is 2.84 bits per heavy atom. The Morgan fingerprint density at radius 2 is 2.16 bits per heavy atom. The Balaban J connectivity index is 2.33. The summed E-state index contributed by atoms with van der Waals surface area (Å²) in [6.45, 7) is 2.22. The summed E-state index contributed by atoms with van der Waals surface area (Å²) in [5.41, 5.74) is 1.83. The van der Waals surface area contributed by atoms with Gasteiger partial charge in [-0.2, -0.15) is 13.5 Å². The van der Waals surface area contributed by atoms with Crippen LogP contribution >= 0.6 is 0 Å². The van der Waals surface area contributed by atoms with Gasteiger partial charge in [0.05, 0.1) is 18.1 Å². The number of rotatable bonds is 5. The van der Waals surface area contributed by atoms with Crippen LogP contribution in [0.5, 0.6) is 0 Å². The molecule has 0 fully saturated rings. The average molecular weight is 281 g/mol. The van der Waals surface area contributed by atoms with E-state index in [1.54, 1.807) is 26.2 Å². The standard InChI is InChI=1S/C11H15N5O2S/c1-8-3-4-13-7-10(8)16-19(17,18)11-9(5-12-2)6-14-15-11/h3-4,6-7,12,16H,5H2,1-2H3,(H,14,15). The molecular weight excluding hydrogens is 266 g/mol. The van der Waals surface area contributed by atoms with Crippen LogP contribution in [-0.4, -0.2) is 30.6 Å². The number of aromatic amines is 1. The van der Waals surface area contributed by atoms with Crippen LogP contribution in [0.3, 0.4) is 0 Å². The molecule has 0 unspecified atom stereocenters. The van der Waals surface area contributed by atoms with Crippen LogP contribution in [0.15, 0.2) is 29.7 Å². The minimum Gasteiger partial charge on any atom is -0.316 e. The normalized spacial score (nSPS) is 11.5. The number of H-pyrrole nitrogens is 1.